The Morgan fingerprint density at radius 1 is 1.15 bits per heavy atom. The van der Waals surface area contributed by atoms with Crippen LogP contribution in [0.25, 0.3) is 21.5 Å². The summed E-state index contributed by atoms with van der Waals surface area (Å²) in [6.07, 6.45) is -1.14. The number of anilines is 1. The van der Waals surface area contributed by atoms with Gasteiger partial charge in [-0.1, -0.05) is 23.9 Å². The molecule has 4 rings (SSSR count). The number of nitrogens with zero attached hydrogens (tertiary/aromatic N) is 1. The number of H-pyrrole nitrogens is 1. The highest BCUT2D eigenvalue weighted by Gasteiger charge is 2.07. The maximum absolute atomic E-state index is 10.7. The maximum atomic E-state index is 10.7. The Balaban J connectivity index is 1.53. The van der Waals surface area contributed by atoms with Crippen molar-refractivity contribution in [3.63, 3.8) is 0 Å². The van der Waals surface area contributed by atoms with Gasteiger partial charge in [-0.25, -0.2) is 9.78 Å². The summed E-state index contributed by atoms with van der Waals surface area (Å²) in [4.78, 5) is 21.4. The fraction of sp³-hybridized carbons (Fsp3) is 0.0526. The maximum Gasteiger partial charge on any atom is 0.411 e. The molecule has 0 atom stereocenters. The molecule has 0 unspecified atom stereocenters. The molecule has 2 aromatic heterocycles. The number of carbonyl (C=O) groups is 1. The first kappa shape index (κ1) is 16.7. The minimum Gasteiger partial charge on any atom is -0.465 e. The molecule has 7 heteroatoms. The lowest BCUT2D eigenvalue weighted by Crippen LogP contribution is -2.08. The van der Waals surface area contributed by atoms with Gasteiger partial charge in [0.25, 0.3) is 0 Å². The summed E-state index contributed by atoms with van der Waals surface area (Å²) in [5, 5.41) is 13.2. The van der Waals surface area contributed by atoms with E-state index in [2.05, 4.69) is 57.9 Å². The monoisotopic (exact) mass is 381 g/mol. The van der Waals surface area contributed by atoms with Crippen LogP contribution in [-0.4, -0.2) is 21.2 Å². The van der Waals surface area contributed by atoms with E-state index in [-0.39, 0.29) is 5.95 Å². The van der Waals surface area contributed by atoms with Gasteiger partial charge < -0.3 is 10.1 Å². The van der Waals surface area contributed by atoms with Gasteiger partial charge >= 0.3 is 6.09 Å². The molecule has 2 aromatic carbocycles. The predicted octanol–water partition coefficient (Wildman–Crippen LogP) is 5.84. The number of imidazole rings is 1. The zero-order valence-corrected chi connectivity index (χ0v) is 15.4. The molecule has 0 aliphatic heterocycles. The summed E-state index contributed by atoms with van der Waals surface area (Å²) >= 11 is 3.40. The van der Waals surface area contributed by atoms with E-state index >= 15 is 0 Å². The Morgan fingerprint density at radius 3 is 2.62 bits per heavy atom. The molecule has 0 spiro atoms. The fourth-order valence-corrected chi connectivity index (χ4v) is 4.37. The molecular weight excluding hydrogens is 366 g/mol. The number of fused-ring (bicyclic) bond motifs is 1. The van der Waals surface area contributed by atoms with E-state index in [1.165, 1.54) is 16.0 Å². The van der Waals surface area contributed by atoms with Crippen LogP contribution in [0.1, 0.15) is 5.56 Å². The first-order valence-electron chi connectivity index (χ1n) is 7.90. The van der Waals surface area contributed by atoms with Crippen molar-refractivity contribution in [3.8, 4) is 10.4 Å². The fourth-order valence-electron chi connectivity index (χ4n) is 2.62. The van der Waals surface area contributed by atoms with Gasteiger partial charge in [0.1, 0.15) is 0 Å². The van der Waals surface area contributed by atoms with E-state index in [0.29, 0.717) is 0 Å². The summed E-state index contributed by atoms with van der Waals surface area (Å²) < 4.78 is 0. The van der Waals surface area contributed by atoms with E-state index in [1.807, 2.05) is 18.2 Å². The second kappa shape index (κ2) is 6.86. The van der Waals surface area contributed by atoms with Crippen molar-refractivity contribution < 1.29 is 9.90 Å². The minimum atomic E-state index is -1.14. The third-order valence-electron chi connectivity index (χ3n) is 3.78. The van der Waals surface area contributed by atoms with E-state index < -0.39 is 6.09 Å². The number of hydrogen-bond acceptors (Lipinski definition) is 4. The van der Waals surface area contributed by atoms with Gasteiger partial charge in [-0.3, -0.25) is 5.32 Å². The van der Waals surface area contributed by atoms with Gasteiger partial charge in [-0.05, 0) is 59.8 Å². The van der Waals surface area contributed by atoms with Gasteiger partial charge in [0, 0.05) is 14.7 Å². The molecule has 130 valence electrons. The summed E-state index contributed by atoms with van der Waals surface area (Å²) in [6, 6.07) is 16.5. The molecule has 26 heavy (non-hydrogen) atoms. The van der Waals surface area contributed by atoms with Crippen LogP contribution in [0.4, 0.5) is 10.7 Å². The standard InChI is InChI=1S/C19H15N3O2S2/c1-11-8-17(25-10-11)12-2-4-13(5-3-12)26-14-6-7-15-16(9-14)21-18(20-15)22-19(23)24/h2-10H,1H3,(H,23,24)(H2,20,21,22). The molecule has 0 fully saturated rings. The van der Waals surface area contributed by atoms with Crippen LogP contribution in [0, 0.1) is 6.92 Å². The van der Waals surface area contributed by atoms with E-state index in [0.717, 1.165) is 20.8 Å². The van der Waals surface area contributed by atoms with Crippen LogP contribution < -0.4 is 5.32 Å². The zero-order valence-electron chi connectivity index (χ0n) is 13.8. The number of amides is 1. The lowest BCUT2D eigenvalue weighted by Gasteiger charge is -2.03. The minimum absolute atomic E-state index is 0.227. The number of rotatable bonds is 4. The molecule has 4 aromatic rings. The van der Waals surface area contributed by atoms with Crippen molar-refractivity contribution in [1.82, 2.24) is 9.97 Å². The summed E-state index contributed by atoms with van der Waals surface area (Å²) in [7, 11) is 0. The molecule has 5 nitrogen and oxygen atoms in total. The second-order valence-electron chi connectivity index (χ2n) is 5.81. The average molecular weight is 381 g/mol. The number of thiophene rings is 1. The van der Waals surface area contributed by atoms with E-state index in [9.17, 15) is 4.79 Å². The number of nitrogens with one attached hydrogen (secondary N) is 2. The zero-order chi connectivity index (χ0) is 18.1. The second-order valence-corrected chi connectivity index (χ2v) is 7.87. The summed E-state index contributed by atoms with van der Waals surface area (Å²) in [5.74, 6) is 0.227. The molecule has 3 N–H and O–H groups in total. The number of aryl methyl sites for hydroxylation is 1. The molecular formula is C19H15N3O2S2. The lowest BCUT2D eigenvalue weighted by atomic mass is 10.2. The number of aromatic amines is 1. The Kier molecular flexibility index (Phi) is 4.40. The van der Waals surface area contributed by atoms with Gasteiger partial charge in [0.2, 0.25) is 5.95 Å². The van der Waals surface area contributed by atoms with Crippen molar-refractivity contribution in [2.75, 3.05) is 5.32 Å². The molecule has 0 saturated carbocycles. The van der Waals surface area contributed by atoms with Crippen LogP contribution >= 0.6 is 23.1 Å². The third kappa shape index (κ3) is 3.58. The summed E-state index contributed by atoms with van der Waals surface area (Å²) in [6.45, 7) is 2.10. The topological polar surface area (TPSA) is 78.0 Å². The van der Waals surface area contributed by atoms with Crippen LogP contribution in [0.5, 0.6) is 0 Å². The van der Waals surface area contributed by atoms with Crippen molar-refractivity contribution in [3.05, 3.63) is 59.5 Å². The van der Waals surface area contributed by atoms with Gasteiger partial charge in [0.15, 0.2) is 0 Å². The quantitative estimate of drug-likeness (QED) is 0.415. The Morgan fingerprint density at radius 2 is 1.92 bits per heavy atom. The number of carboxylic acid groups (broad SMARTS) is 1. The molecule has 2 heterocycles. The van der Waals surface area contributed by atoms with Crippen LogP contribution in [0.15, 0.2) is 63.7 Å². The van der Waals surface area contributed by atoms with Crippen molar-refractivity contribution in [2.24, 2.45) is 0 Å². The molecule has 0 aliphatic rings. The Labute approximate surface area is 158 Å². The van der Waals surface area contributed by atoms with Crippen LogP contribution in [0.3, 0.4) is 0 Å². The van der Waals surface area contributed by atoms with Gasteiger partial charge in [-0.2, -0.15) is 0 Å². The lowest BCUT2D eigenvalue weighted by molar-refractivity contribution is 0.209. The predicted molar refractivity (Wildman–Crippen MR) is 106 cm³/mol. The van der Waals surface area contributed by atoms with Crippen LogP contribution in [-0.2, 0) is 0 Å². The first-order chi connectivity index (χ1) is 12.6. The smallest absolute Gasteiger partial charge is 0.411 e. The SMILES string of the molecule is Cc1csc(-c2ccc(Sc3ccc4[nH]c(NC(=O)O)nc4c3)cc2)c1. The normalized spacial score (nSPS) is 11.0. The van der Waals surface area contributed by atoms with Crippen LogP contribution in [0.2, 0.25) is 0 Å². The highest BCUT2D eigenvalue weighted by atomic mass is 32.2. The Hall–Kier alpha value is -2.77. The average Bonchev–Trinajstić information content (AvgIpc) is 3.20. The highest BCUT2D eigenvalue weighted by Crippen LogP contribution is 2.33. The van der Waals surface area contributed by atoms with Gasteiger partial charge in [0.05, 0.1) is 11.0 Å². The van der Waals surface area contributed by atoms with Gasteiger partial charge in [-0.15, -0.1) is 11.3 Å². The first-order valence-corrected chi connectivity index (χ1v) is 9.59. The largest absolute Gasteiger partial charge is 0.465 e. The van der Waals surface area contributed by atoms with Crippen molar-refractivity contribution in [2.45, 2.75) is 16.7 Å². The van der Waals surface area contributed by atoms with E-state index in [1.54, 1.807) is 23.1 Å². The third-order valence-corrected chi connectivity index (χ3v) is 5.88. The molecule has 0 radical (unpaired) electrons. The Bertz CT molecular complexity index is 1080. The van der Waals surface area contributed by atoms with Crippen molar-refractivity contribution >= 4 is 46.2 Å². The van der Waals surface area contributed by atoms with Crippen molar-refractivity contribution in [1.29, 1.82) is 0 Å². The van der Waals surface area contributed by atoms with E-state index in [4.69, 9.17) is 5.11 Å². The molecule has 0 saturated heterocycles. The molecule has 0 bridgehead atoms. The number of benzene rings is 2. The number of aromatic nitrogens is 2. The molecule has 0 aliphatic carbocycles. The highest BCUT2D eigenvalue weighted by molar-refractivity contribution is 7.99. The number of hydrogen-bond donors (Lipinski definition) is 3. The summed E-state index contributed by atoms with van der Waals surface area (Å²) in [5.41, 5.74) is 4.03. The molecule has 1 amide bonds.